The first-order valence-corrected chi connectivity index (χ1v) is 8.49. The SMILES string of the molecule is CCOC(=O)CCc1cc(C)ccc1[C@@H](CC)OC[C@H](C)CO. The van der Waals surface area contributed by atoms with Gasteiger partial charge in [-0.2, -0.15) is 0 Å². The number of aryl methyl sites for hydroxylation is 2. The average Bonchev–Trinajstić information content (AvgIpc) is 2.54. The summed E-state index contributed by atoms with van der Waals surface area (Å²) in [6.45, 7) is 8.98. The molecular weight excluding hydrogens is 292 g/mol. The van der Waals surface area contributed by atoms with Crippen LogP contribution >= 0.6 is 0 Å². The molecule has 0 saturated heterocycles. The molecule has 0 aromatic heterocycles. The lowest BCUT2D eigenvalue weighted by atomic mass is 9.95. The zero-order valence-electron chi connectivity index (χ0n) is 14.8. The molecule has 0 aliphatic carbocycles. The van der Waals surface area contributed by atoms with Crippen LogP contribution in [0, 0.1) is 12.8 Å². The van der Waals surface area contributed by atoms with E-state index in [4.69, 9.17) is 14.6 Å². The third-order valence-electron chi connectivity index (χ3n) is 3.81. The van der Waals surface area contributed by atoms with Crippen LogP contribution in [0.4, 0.5) is 0 Å². The van der Waals surface area contributed by atoms with Crippen molar-refractivity contribution in [3.63, 3.8) is 0 Å². The van der Waals surface area contributed by atoms with E-state index in [-0.39, 0.29) is 24.6 Å². The molecule has 0 spiro atoms. The minimum atomic E-state index is -0.164. The van der Waals surface area contributed by atoms with Gasteiger partial charge in [0.1, 0.15) is 0 Å². The Kier molecular flexibility index (Phi) is 8.89. The van der Waals surface area contributed by atoms with Crippen molar-refractivity contribution in [3.05, 3.63) is 34.9 Å². The second-order valence-corrected chi connectivity index (χ2v) is 6.03. The number of aliphatic hydroxyl groups excluding tert-OH is 1. The second kappa shape index (κ2) is 10.4. The maximum atomic E-state index is 11.6. The zero-order chi connectivity index (χ0) is 17.2. The first-order valence-electron chi connectivity index (χ1n) is 8.49. The van der Waals surface area contributed by atoms with Gasteiger partial charge in [0, 0.05) is 18.9 Å². The van der Waals surface area contributed by atoms with Crippen molar-refractivity contribution in [3.8, 4) is 0 Å². The number of carbonyl (C=O) groups excluding carboxylic acids is 1. The minimum absolute atomic E-state index is 0.0122. The summed E-state index contributed by atoms with van der Waals surface area (Å²) < 4.78 is 11.0. The van der Waals surface area contributed by atoms with Gasteiger partial charge in [-0.05, 0) is 37.8 Å². The fourth-order valence-corrected chi connectivity index (χ4v) is 2.50. The number of ether oxygens (including phenoxy) is 2. The van der Waals surface area contributed by atoms with Crippen LogP contribution in [0.15, 0.2) is 18.2 Å². The number of carbonyl (C=O) groups is 1. The standard InChI is InChI=1S/C19H30O4/c1-5-18(23-13-15(4)12-20)17-9-7-14(3)11-16(17)8-10-19(21)22-6-2/h7,9,11,15,18,20H,5-6,8,10,12-13H2,1-4H3/t15-,18-/m1/s1. The van der Waals surface area contributed by atoms with E-state index in [1.165, 1.54) is 5.56 Å². The smallest absolute Gasteiger partial charge is 0.306 e. The predicted octanol–water partition coefficient (Wildman–Crippen LogP) is 3.59. The summed E-state index contributed by atoms with van der Waals surface area (Å²) >= 11 is 0. The van der Waals surface area contributed by atoms with Gasteiger partial charge in [0.15, 0.2) is 0 Å². The number of benzene rings is 1. The van der Waals surface area contributed by atoms with Crippen molar-refractivity contribution in [2.24, 2.45) is 5.92 Å². The van der Waals surface area contributed by atoms with Crippen LogP contribution in [-0.2, 0) is 20.7 Å². The fourth-order valence-electron chi connectivity index (χ4n) is 2.50. The summed E-state index contributed by atoms with van der Waals surface area (Å²) in [6.07, 6.45) is 1.88. The highest BCUT2D eigenvalue weighted by molar-refractivity contribution is 5.69. The van der Waals surface area contributed by atoms with Crippen LogP contribution in [0.1, 0.15) is 56.4 Å². The molecule has 1 N–H and O–H groups in total. The molecular formula is C19H30O4. The van der Waals surface area contributed by atoms with Crippen molar-refractivity contribution in [1.29, 1.82) is 0 Å². The molecule has 0 aliphatic rings. The molecule has 0 radical (unpaired) electrons. The van der Waals surface area contributed by atoms with Gasteiger partial charge in [0.25, 0.3) is 0 Å². The van der Waals surface area contributed by atoms with E-state index < -0.39 is 0 Å². The first kappa shape index (κ1) is 19.7. The molecule has 0 unspecified atom stereocenters. The average molecular weight is 322 g/mol. The van der Waals surface area contributed by atoms with Crippen LogP contribution in [0.5, 0.6) is 0 Å². The molecule has 0 heterocycles. The van der Waals surface area contributed by atoms with Crippen molar-refractivity contribution in [1.82, 2.24) is 0 Å². The number of esters is 1. The number of rotatable bonds is 10. The lowest BCUT2D eigenvalue weighted by molar-refractivity contribution is -0.143. The second-order valence-electron chi connectivity index (χ2n) is 6.03. The molecule has 1 aromatic rings. The molecule has 130 valence electrons. The molecule has 0 bridgehead atoms. The Hall–Kier alpha value is -1.39. The van der Waals surface area contributed by atoms with Gasteiger partial charge in [-0.25, -0.2) is 0 Å². The molecule has 4 nitrogen and oxygen atoms in total. The molecule has 2 atom stereocenters. The van der Waals surface area contributed by atoms with E-state index in [2.05, 4.69) is 25.1 Å². The van der Waals surface area contributed by atoms with Crippen molar-refractivity contribution in [2.75, 3.05) is 19.8 Å². The summed E-state index contributed by atoms with van der Waals surface area (Å²) in [7, 11) is 0. The Labute approximate surface area is 139 Å². The summed E-state index contributed by atoms with van der Waals surface area (Å²) in [5.74, 6) is -0.0414. The van der Waals surface area contributed by atoms with Crippen molar-refractivity contribution < 1.29 is 19.4 Å². The van der Waals surface area contributed by atoms with E-state index in [1.807, 2.05) is 20.8 Å². The number of hydrogen-bond donors (Lipinski definition) is 1. The van der Waals surface area contributed by atoms with E-state index in [9.17, 15) is 4.79 Å². The quantitative estimate of drug-likeness (QED) is 0.669. The zero-order valence-corrected chi connectivity index (χ0v) is 14.8. The van der Waals surface area contributed by atoms with Crippen molar-refractivity contribution >= 4 is 5.97 Å². The molecule has 4 heteroatoms. The number of aliphatic hydroxyl groups is 1. The van der Waals surface area contributed by atoms with Crippen molar-refractivity contribution in [2.45, 2.75) is 53.1 Å². The first-order chi connectivity index (χ1) is 11.0. The van der Waals surface area contributed by atoms with Crippen LogP contribution in [0.25, 0.3) is 0 Å². The largest absolute Gasteiger partial charge is 0.466 e. The third kappa shape index (κ3) is 6.71. The molecule has 0 amide bonds. The van der Waals surface area contributed by atoms with Crippen LogP contribution < -0.4 is 0 Å². The van der Waals surface area contributed by atoms with Gasteiger partial charge in [-0.1, -0.05) is 37.6 Å². The highest BCUT2D eigenvalue weighted by atomic mass is 16.5. The molecule has 1 aromatic carbocycles. The van der Waals surface area contributed by atoms with Crippen LogP contribution in [0.2, 0.25) is 0 Å². The predicted molar refractivity (Wildman–Crippen MR) is 91.4 cm³/mol. The third-order valence-corrected chi connectivity index (χ3v) is 3.81. The van der Waals surface area contributed by atoms with Gasteiger partial charge >= 0.3 is 5.97 Å². The molecule has 23 heavy (non-hydrogen) atoms. The van der Waals surface area contributed by atoms with E-state index >= 15 is 0 Å². The summed E-state index contributed by atoms with van der Waals surface area (Å²) in [5.41, 5.74) is 3.44. The number of hydrogen-bond acceptors (Lipinski definition) is 4. The fraction of sp³-hybridized carbons (Fsp3) is 0.632. The molecule has 1 rings (SSSR count). The minimum Gasteiger partial charge on any atom is -0.466 e. The summed E-state index contributed by atoms with van der Waals surface area (Å²) in [4.78, 5) is 11.6. The normalized spacial score (nSPS) is 13.6. The van der Waals surface area contributed by atoms with Gasteiger partial charge in [-0.3, -0.25) is 4.79 Å². The monoisotopic (exact) mass is 322 g/mol. The Balaban J connectivity index is 2.84. The van der Waals surface area contributed by atoms with Gasteiger partial charge < -0.3 is 14.6 Å². The maximum Gasteiger partial charge on any atom is 0.306 e. The van der Waals surface area contributed by atoms with Crippen LogP contribution in [0.3, 0.4) is 0 Å². The Bertz CT molecular complexity index is 484. The molecule has 0 saturated carbocycles. The highest BCUT2D eigenvalue weighted by Gasteiger charge is 2.16. The lowest BCUT2D eigenvalue weighted by Gasteiger charge is -2.22. The Morgan fingerprint density at radius 1 is 1.30 bits per heavy atom. The van der Waals surface area contributed by atoms with E-state index in [1.54, 1.807) is 0 Å². The lowest BCUT2D eigenvalue weighted by Crippen LogP contribution is -2.15. The molecule has 0 aliphatic heterocycles. The highest BCUT2D eigenvalue weighted by Crippen LogP contribution is 2.27. The van der Waals surface area contributed by atoms with E-state index in [0.29, 0.717) is 26.1 Å². The van der Waals surface area contributed by atoms with Gasteiger partial charge in [-0.15, -0.1) is 0 Å². The van der Waals surface area contributed by atoms with Crippen LogP contribution in [-0.4, -0.2) is 30.9 Å². The summed E-state index contributed by atoms with van der Waals surface area (Å²) in [6, 6.07) is 6.29. The van der Waals surface area contributed by atoms with Gasteiger partial charge in [0.2, 0.25) is 0 Å². The Morgan fingerprint density at radius 3 is 2.65 bits per heavy atom. The molecule has 0 fully saturated rings. The van der Waals surface area contributed by atoms with Gasteiger partial charge in [0.05, 0.1) is 19.3 Å². The topological polar surface area (TPSA) is 55.8 Å². The van der Waals surface area contributed by atoms with E-state index in [0.717, 1.165) is 17.5 Å². The maximum absolute atomic E-state index is 11.6. The Morgan fingerprint density at radius 2 is 2.04 bits per heavy atom. The summed E-state index contributed by atoms with van der Waals surface area (Å²) in [5, 5.41) is 9.15.